The van der Waals surface area contributed by atoms with Crippen molar-refractivity contribution in [3.8, 4) is 0 Å². The minimum Gasteiger partial charge on any atom is -0.397 e. The molecule has 0 aliphatic carbocycles. The van der Waals surface area contributed by atoms with Crippen molar-refractivity contribution in [1.29, 1.82) is 0 Å². The van der Waals surface area contributed by atoms with Gasteiger partial charge in [0.1, 0.15) is 4.88 Å². The maximum absolute atomic E-state index is 12.7. The summed E-state index contributed by atoms with van der Waals surface area (Å²) < 4.78 is 2.02. The van der Waals surface area contributed by atoms with Gasteiger partial charge in [0.25, 0.3) is 5.91 Å². The lowest BCUT2D eigenvalue weighted by Crippen LogP contribution is -2.38. The molecule has 0 bridgehead atoms. The fraction of sp³-hybridized carbons (Fsp3) is 0.438. The standard InChI is InChI=1S/C16H19BrN2OS/c1-2-10-6-8-19(9-7-10)16(20)15-14(18)13-11(17)4-3-5-12(13)21-15/h3-5,10H,2,6-9,18H2,1H3. The van der Waals surface area contributed by atoms with E-state index in [2.05, 4.69) is 22.9 Å². The van der Waals surface area contributed by atoms with E-state index in [1.807, 2.05) is 23.1 Å². The number of carbonyl (C=O) groups excluding carboxylic acids is 1. The number of nitrogens with two attached hydrogens (primary N) is 1. The summed E-state index contributed by atoms with van der Waals surface area (Å²) in [5, 5.41) is 0.967. The summed E-state index contributed by atoms with van der Waals surface area (Å²) >= 11 is 5.03. The zero-order valence-corrected chi connectivity index (χ0v) is 14.5. The van der Waals surface area contributed by atoms with E-state index in [0.717, 1.165) is 46.4 Å². The SMILES string of the molecule is CCC1CCN(C(=O)c2sc3cccc(Br)c3c2N)CC1. The lowest BCUT2D eigenvalue weighted by molar-refractivity contribution is 0.0695. The quantitative estimate of drug-likeness (QED) is 0.849. The molecule has 3 nitrogen and oxygen atoms in total. The third kappa shape index (κ3) is 2.69. The van der Waals surface area contributed by atoms with Crippen LogP contribution in [0.5, 0.6) is 0 Å². The molecule has 0 spiro atoms. The van der Waals surface area contributed by atoms with Crippen LogP contribution in [0.4, 0.5) is 5.69 Å². The number of carbonyl (C=O) groups is 1. The van der Waals surface area contributed by atoms with Gasteiger partial charge in [-0.3, -0.25) is 4.79 Å². The number of benzene rings is 1. The maximum Gasteiger partial charge on any atom is 0.266 e. The van der Waals surface area contributed by atoms with Gasteiger partial charge < -0.3 is 10.6 Å². The van der Waals surface area contributed by atoms with Crippen LogP contribution in [0.3, 0.4) is 0 Å². The number of halogens is 1. The van der Waals surface area contributed by atoms with Gasteiger partial charge in [0.05, 0.1) is 5.69 Å². The molecule has 0 radical (unpaired) electrons. The number of nitrogen functional groups attached to an aromatic ring is 1. The molecule has 0 atom stereocenters. The first kappa shape index (κ1) is 14.9. The summed E-state index contributed by atoms with van der Waals surface area (Å²) in [4.78, 5) is 15.4. The first-order valence-electron chi connectivity index (χ1n) is 7.37. The molecule has 2 aromatic rings. The molecule has 1 fully saturated rings. The third-order valence-electron chi connectivity index (χ3n) is 4.37. The Hall–Kier alpha value is -1.07. The van der Waals surface area contributed by atoms with E-state index in [-0.39, 0.29) is 5.91 Å². The van der Waals surface area contributed by atoms with Gasteiger partial charge in [0, 0.05) is 27.6 Å². The van der Waals surface area contributed by atoms with Crippen LogP contribution < -0.4 is 5.73 Å². The molecule has 3 rings (SSSR count). The van der Waals surface area contributed by atoms with E-state index < -0.39 is 0 Å². The largest absolute Gasteiger partial charge is 0.397 e. The number of amides is 1. The molecule has 0 unspecified atom stereocenters. The average Bonchev–Trinajstić information content (AvgIpc) is 2.85. The highest BCUT2D eigenvalue weighted by Crippen LogP contribution is 2.39. The average molecular weight is 367 g/mol. The van der Waals surface area contributed by atoms with E-state index in [4.69, 9.17) is 5.73 Å². The Balaban J connectivity index is 1.89. The number of hydrogen-bond donors (Lipinski definition) is 1. The molecule has 2 heterocycles. The second kappa shape index (κ2) is 5.97. The third-order valence-corrected chi connectivity index (χ3v) is 6.19. The second-order valence-electron chi connectivity index (χ2n) is 5.60. The number of hydrogen-bond acceptors (Lipinski definition) is 3. The first-order valence-corrected chi connectivity index (χ1v) is 8.98. The Labute approximate surface area is 137 Å². The number of likely N-dealkylation sites (tertiary alicyclic amines) is 1. The molecular formula is C16H19BrN2OS. The molecular weight excluding hydrogens is 348 g/mol. The van der Waals surface area contributed by atoms with Gasteiger partial charge in [-0.1, -0.05) is 35.3 Å². The van der Waals surface area contributed by atoms with Gasteiger partial charge in [-0.15, -0.1) is 11.3 Å². The van der Waals surface area contributed by atoms with Crippen molar-refractivity contribution in [1.82, 2.24) is 4.90 Å². The van der Waals surface area contributed by atoms with Gasteiger partial charge in [-0.25, -0.2) is 0 Å². The number of nitrogens with zero attached hydrogens (tertiary/aromatic N) is 1. The zero-order valence-electron chi connectivity index (χ0n) is 12.1. The zero-order chi connectivity index (χ0) is 15.0. The van der Waals surface area contributed by atoms with E-state index >= 15 is 0 Å². The summed E-state index contributed by atoms with van der Waals surface area (Å²) in [6, 6.07) is 5.96. The molecule has 1 aromatic heterocycles. The molecule has 21 heavy (non-hydrogen) atoms. The van der Waals surface area contributed by atoms with Gasteiger partial charge >= 0.3 is 0 Å². The second-order valence-corrected chi connectivity index (χ2v) is 7.51. The van der Waals surface area contributed by atoms with E-state index in [1.54, 1.807) is 0 Å². The first-order chi connectivity index (χ1) is 10.1. The summed E-state index contributed by atoms with van der Waals surface area (Å²) in [5.41, 5.74) is 6.85. The molecule has 5 heteroatoms. The summed E-state index contributed by atoms with van der Waals surface area (Å²) in [7, 11) is 0. The van der Waals surface area contributed by atoms with Crippen LogP contribution in [0.2, 0.25) is 0 Å². The normalized spacial score (nSPS) is 16.6. The molecule has 1 aromatic carbocycles. The van der Waals surface area contributed by atoms with Crippen LogP contribution in [0, 0.1) is 5.92 Å². The van der Waals surface area contributed by atoms with Crippen LogP contribution >= 0.6 is 27.3 Å². The summed E-state index contributed by atoms with van der Waals surface area (Å²) in [6.07, 6.45) is 3.42. The Morgan fingerprint density at radius 2 is 2.14 bits per heavy atom. The number of anilines is 1. The van der Waals surface area contributed by atoms with Crippen molar-refractivity contribution in [3.63, 3.8) is 0 Å². The molecule has 1 aliphatic rings. The van der Waals surface area contributed by atoms with Crippen LogP contribution in [-0.2, 0) is 0 Å². The van der Waals surface area contributed by atoms with Crippen molar-refractivity contribution in [2.45, 2.75) is 26.2 Å². The van der Waals surface area contributed by atoms with Gasteiger partial charge in [-0.2, -0.15) is 0 Å². The minimum atomic E-state index is 0.0927. The van der Waals surface area contributed by atoms with Gasteiger partial charge in [0.2, 0.25) is 0 Å². The van der Waals surface area contributed by atoms with Crippen LogP contribution in [0.25, 0.3) is 10.1 Å². The van der Waals surface area contributed by atoms with Gasteiger partial charge in [-0.05, 0) is 30.9 Å². The minimum absolute atomic E-state index is 0.0927. The molecule has 2 N–H and O–H groups in total. The predicted octanol–water partition coefficient (Wildman–Crippen LogP) is 4.51. The van der Waals surface area contributed by atoms with Crippen LogP contribution in [-0.4, -0.2) is 23.9 Å². The van der Waals surface area contributed by atoms with E-state index in [1.165, 1.54) is 17.8 Å². The Kier molecular flexibility index (Phi) is 4.22. The van der Waals surface area contributed by atoms with Crippen molar-refractivity contribution in [3.05, 3.63) is 27.5 Å². The maximum atomic E-state index is 12.7. The van der Waals surface area contributed by atoms with E-state index in [9.17, 15) is 4.79 Å². The van der Waals surface area contributed by atoms with Crippen LogP contribution in [0.15, 0.2) is 22.7 Å². The molecule has 0 saturated carbocycles. The fourth-order valence-electron chi connectivity index (χ4n) is 2.98. The number of thiophene rings is 1. The van der Waals surface area contributed by atoms with Crippen molar-refractivity contribution < 1.29 is 4.79 Å². The Bertz CT molecular complexity index is 674. The number of rotatable bonds is 2. The Morgan fingerprint density at radius 3 is 2.76 bits per heavy atom. The van der Waals surface area contributed by atoms with Crippen molar-refractivity contribution in [2.75, 3.05) is 18.8 Å². The van der Waals surface area contributed by atoms with Crippen molar-refractivity contribution in [2.24, 2.45) is 5.92 Å². The molecule has 1 saturated heterocycles. The lowest BCUT2D eigenvalue weighted by atomic mass is 9.94. The smallest absolute Gasteiger partial charge is 0.266 e. The Morgan fingerprint density at radius 1 is 1.43 bits per heavy atom. The van der Waals surface area contributed by atoms with E-state index in [0.29, 0.717) is 10.6 Å². The van der Waals surface area contributed by atoms with Crippen LogP contribution in [0.1, 0.15) is 35.9 Å². The monoisotopic (exact) mass is 366 g/mol. The van der Waals surface area contributed by atoms with Crippen molar-refractivity contribution >= 4 is 48.9 Å². The number of fused-ring (bicyclic) bond motifs is 1. The molecule has 1 amide bonds. The topological polar surface area (TPSA) is 46.3 Å². The summed E-state index contributed by atoms with van der Waals surface area (Å²) in [6.45, 7) is 3.93. The van der Waals surface area contributed by atoms with Gasteiger partial charge in [0.15, 0.2) is 0 Å². The molecule has 1 aliphatic heterocycles. The highest BCUT2D eigenvalue weighted by molar-refractivity contribution is 9.10. The fourth-order valence-corrected chi connectivity index (χ4v) is 4.80. The predicted molar refractivity (Wildman–Crippen MR) is 92.9 cm³/mol. The molecule has 112 valence electrons. The lowest BCUT2D eigenvalue weighted by Gasteiger charge is -2.31. The number of piperidine rings is 1. The highest BCUT2D eigenvalue weighted by Gasteiger charge is 2.26. The summed E-state index contributed by atoms with van der Waals surface area (Å²) in [5.74, 6) is 0.859. The highest BCUT2D eigenvalue weighted by atomic mass is 79.9.